The molecule has 0 radical (unpaired) electrons. The van der Waals surface area contributed by atoms with Gasteiger partial charge in [-0.15, -0.1) is 0 Å². The van der Waals surface area contributed by atoms with Gasteiger partial charge in [0.2, 0.25) is 0 Å². The van der Waals surface area contributed by atoms with E-state index in [0.29, 0.717) is 23.3 Å². The lowest BCUT2D eigenvalue weighted by Gasteiger charge is -2.20. The third kappa shape index (κ3) is 8.03. The van der Waals surface area contributed by atoms with Crippen molar-refractivity contribution in [2.24, 2.45) is 0 Å². The van der Waals surface area contributed by atoms with E-state index in [1.165, 1.54) is 12.1 Å². The molecule has 0 amide bonds. The Labute approximate surface area is 250 Å². The second-order valence-electron chi connectivity index (χ2n) is 10.1. The van der Waals surface area contributed by atoms with Crippen LogP contribution in [0.5, 0.6) is 5.75 Å². The van der Waals surface area contributed by atoms with Crippen molar-refractivity contribution in [1.29, 1.82) is 0 Å². The highest BCUT2D eigenvalue weighted by molar-refractivity contribution is 5.71. The molecular weight excluding hydrogens is 621 g/mol. The lowest BCUT2D eigenvalue weighted by atomic mass is 9.97. The van der Waals surface area contributed by atoms with E-state index in [1.807, 2.05) is 12.1 Å². The minimum atomic E-state index is -5.29. The molecule has 0 saturated heterocycles. The monoisotopic (exact) mass is 644 g/mol. The van der Waals surface area contributed by atoms with Crippen molar-refractivity contribution in [3.63, 3.8) is 0 Å². The van der Waals surface area contributed by atoms with E-state index < -0.39 is 75.7 Å². The van der Waals surface area contributed by atoms with Gasteiger partial charge in [0, 0.05) is 17.7 Å². The van der Waals surface area contributed by atoms with Crippen molar-refractivity contribution in [2.75, 3.05) is 0 Å². The zero-order chi connectivity index (χ0) is 33.1. The topological polar surface area (TPSA) is 9.23 Å². The average Bonchev–Trinajstić information content (AvgIpc) is 2.91. The van der Waals surface area contributed by atoms with Crippen LogP contribution in [0.2, 0.25) is 0 Å². The molecule has 238 valence electrons. The molecule has 0 aliphatic carbocycles. The molecule has 4 rings (SSSR count). The third-order valence-corrected chi connectivity index (χ3v) is 6.76. The van der Waals surface area contributed by atoms with Crippen molar-refractivity contribution in [2.45, 2.75) is 44.9 Å². The molecule has 4 aromatic rings. The summed E-state index contributed by atoms with van der Waals surface area (Å²) in [6.45, 7) is 2.09. The number of hydrogen-bond donors (Lipinski definition) is 0. The number of benzene rings is 4. The molecule has 0 saturated carbocycles. The van der Waals surface area contributed by atoms with E-state index in [0.717, 1.165) is 37.3 Å². The summed E-state index contributed by atoms with van der Waals surface area (Å²) in [6, 6.07) is 11.8. The predicted molar refractivity (Wildman–Crippen MR) is 146 cm³/mol. The van der Waals surface area contributed by atoms with Crippen molar-refractivity contribution < 1.29 is 53.0 Å². The van der Waals surface area contributed by atoms with E-state index in [2.05, 4.69) is 11.7 Å². The second-order valence-corrected chi connectivity index (χ2v) is 10.1. The molecule has 12 heteroatoms. The van der Waals surface area contributed by atoms with Crippen LogP contribution in [0, 0.1) is 29.1 Å². The summed E-state index contributed by atoms with van der Waals surface area (Å²) in [5.74, 6) is -12.7. The second kappa shape index (κ2) is 13.3. The first-order valence-electron chi connectivity index (χ1n) is 13.5. The van der Waals surface area contributed by atoms with Gasteiger partial charge in [0.05, 0.1) is 11.6 Å². The third-order valence-electron chi connectivity index (χ3n) is 6.76. The van der Waals surface area contributed by atoms with Crippen LogP contribution in [0.1, 0.15) is 42.9 Å². The summed E-state index contributed by atoms with van der Waals surface area (Å²) in [5.41, 5.74) is -2.37. The number of ether oxygens (including phenoxy) is 1. The number of alkyl halides is 5. The van der Waals surface area contributed by atoms with Gasteiger partial charge in [0.15, 0.2) is 0 Å². The van der Waals surface area contributed by atoms with Crippen LogP contribution in [-0.2, 0) is 12.5 Å². The van der Waals surface area contributed by atoms with Crippen molar-refractivity contribution >= 4 is 5.83 Å². The van der Waals surface area contributed by atoms with Crippen LogP contribution in [0.25, 0.3) is 28.1 Å². The summed E-state index contributed by atoms with van der Waals surface area (Å²) in [7, 11) is 0. The number of hydrogen-bond acceptors (Lipinski definition) is 1. The highest BCUT2D eigenvalue weighted by Crippen LogP contribution is 2.39. The maximum absolute atomic E-state index is 15.1. The standard InChI is InChI=1S/C33H23F11O/c1-2-3-4-5-18-6-8-19(9-7-18)20-10-11-23(24(34)12-20)21-13-27(37)31(28(38)14-21)33(43,44)45-22-15-25(35)30(26(36)16-22)29(39)17-32(40,41)42/h6-17H,2-5H2,1H3. The first kappa shape index (κ1) is 33.5. The van der Waals surface area contributed by atoms with E-state index in [-0.39, 0.29) is 17.7 Å². The number of aryl methyl sites for hydroxylation is 1. The number of rotatable bonds is 10. The van der Waals surface area contributed by atoms with Crippen molar-refractivity contribution in [3.8, 4) is 28.0 Å². The lowest BCUT2D eigenvalue weighted by Crippen LogP contribution is -2.25. The van der Waals surface area contributed by atoms with E-state index in [4.69, 9.17) is 0 Å². The first-order chi connectivity index (χ1) is 21.1. The van der Waals surface area contributed by atoms with Gasteiger partial charge in [-0.05, 0) is 53.3 Å². The molecule has 1 nitrogen and oxygen atoms in total. The average molecular weight is 645 g/mol. The van der Waals surface area contributed by atoms with Crippen molar-refractivity contribution in [1.82, 2.24) is 0 Å². The zero-order valence-corrected chi connectivity index (χ0v) is 23.3. The molecule has 0 aliphatic heterocycles. The summed E-state index contributed by atoms with van der Waals surface area (Å²) >= 11 is 0. The van der Waals surface area contributed by atoms with Gasteiger partial charge in [-0.3, -0.25) is 0 Å². The van der Waals surface area contributed by atoms with Gasteiger partial charge in [-0.1, -0.05) is 56.2 Å². The Morgan fingerprint density at radius 1 is 0.667 bits per heavy atom. The fourth-order valence-electron chi connectivity index (χ4n) is 4.63. The van der Waals surface area contributed by atoms with Crippen LogP contribution in [0.3, 0.4) is 0 Å². The SMILES string of the molecule is CCCCCc1ccc(-c2ccc(-c3cc(F)c(C(F)(F)Oc4cc(F)c(C(F)=CC(F)(F)F)c(F)c4)c(F)c3)c(F)c2)cc1. The Hall–Kier alpha value is -4.35. The van der Waals surface area contributed by atoms with Crippen LogP contribution in [0.4, 0.5) is 48.3 Å². The molecule has 0 N–H and O–H groups in total. The van der Waals surface area contributed by atoms with Gasteiger partial charge >= 0.3 is 12.3 Å². The maximum Gasteiger partial charge on any atom is 0.432 e. The molecule has 0 aliphatic rings. The highest BCUT2D eigenvalue weighted by atomic mass is 19.4. The van der Waals surface area contributed by atoms with Crippen molar-refractivity contribution in [3.05, 3.63) is 119 Å². The van der Waals surface area contributed by atoms with E-state index in [1.54, 1.807) is 12.1 Å². The number of halogens is 11. The zero-order valence-electron chi connectivity index (χ0n) is 23.3. The van der Waals surface area contributed by atoms with Crippen LogP contribution in [0.15, 0.2) is 72.8 Å². The van der Waals surface area contributed by atoms with E-state index >= 15 is 4.39 Å². The highest BCUT2D eigenvalue weighted by Gasteiger charge is 2.42. The molecule has 0 atom stereocenters. The Balaban J connectivity index is 1.58. The Kier molecular flexibility index (Phi) is 9.94. The summed E-state index contributed by atoms with van der Waals surface area (Å²) in [6.07, 6.45) is -7.20. The molecule has 0 bridgehead atoms. The molecule has 0 fully saturated rings. The van der Waals surface area contributed by atoms with Crippen LogP contribution < -0.4 is 4.74 Å². The summed E-state index contributed by atoms with van der Waals surface area (Å²) in [4.78, 5) is 0. The summed E-state index contributed by atoms with van der Waals surface area (Å²) in [5, 5.41) is 0. The molecule has 45 heavy (non-hydrogen) atoms. The minimum Gasteiger partial charge on any atom is -0.429 e. The smallest absolute Gasteiger partial charge is 0.429 e. The Morgan fingerprint density at radius 2 is 1.22 bits per heavy atom. The largest absolute Gasteiger partial charge is 0.432 e. The number of unbranched alkanes of at least 4 members (excludes halogenated alkanes) is 2. The van der Waals surface area contributed by atoms with Gasteiger partial charge < -0.3 is 4.74 Å². The lowest BCUT2D eigenvalue weighted by molar-refractivity contribution is -0.189. The maximum atomic E-state index is 15.1. The molecule has 4 aromatic carbocycles. The molecule has 0 heterocycles. The molecule has 0 spiro atoms. The van der Waals surface area contributed by atoms with Gasteiger partial charge in [0.25, 0.3) is 0 Å². The predicted octanol–water partition coefficient (Wildman–Crippen LogP) is 11.4. The van der Waals surface area contributed by atoms with Gasteiger partial charge in [0.1, 0.15) is 46.2 Å². The fourth-order valence-corrected chi connectivity index (χ4v) is 4.63. The van der Waals surface area contributed by atoms with Crippen LogP contribution >= 0.6 is 0 Å². The Bertz CT molecular complexity index is 1660. The quantitative estimate of drug-likeness (QED) is 0.123. The van der Waals surface area contributed by atoms with Gasteiger partial charge in [-0.25, -0.2) is 26.3 Å². The fraction of sp³-hybridized carbons (Fsp3) is 0.212. The van der Waals surface area contributed by atoms with Crippen LogP contribution in [-0.4, -0.2) is 6.18 Å². The van der Waals surface area contributed by atoms with Gasteiger partial charge in [-0.2, -0.15) is 22.0 Å². The molecule has 0 unspecified atom stereocenters. The molecular formula is C33H23F11O. The van der Waals surface area contributed by atoms with E-state index in [9.17, 15) is 43.9 Å². The normalized spacial score (nSPS) is 12.5. The number of allylic oxidation sites excluding steroid dienone is 1. The minimum absolute atomic E-state index is 0.0861. The molecule has 0 aromatic heterocycles. The first-order valence-corrected chi connectivity index (χ1v) is 13.5. The Morgan fingerprint density at radius 3 is 1.76 bits per heavy atom. The summed E-state index contributed by atoms with van der Waals surface area (Å²) < 4.78 is 158.